The Hall–Kier alpha value is -3.13. The average Bonchev–Trinajstić information content (AvgIpc) is 3.27. The summed E-state index contributed by atoms with van der Waals surface area (Å²) in [4.78, 5) is 31.4. The molecule has 0 radical (unpaired) electrons. The highest BCUT2D eigenvalue weighted by atomic mass is 17.2. The number of nitrogen functional groups attached to an aromatic ring is 1. The topological polar surface area (TPSA) is 97.2 Å². The van der Waals surface area contributed by atoms with Crippen LogP contribution < -0.4 is 16.2 Å². The largest absolute Gasteiger partial charge is 0.369 e. The Balaban J connectivity index is 1.44. The molecule has 2 heterocycles. The molecular formula is C18H19N5O3. The molecule has 0 saturated heterocycles. The van der Waals surface area contributed by atoms with Gasteiger partial charge in [-0.25, -0.2) is 4.98 Å². The highest BCUT2D eigenvalue weighted by Gasteiger charge is 2.24. The van der Waals surface area contributed by atoms with Gasteiger partial charge >= 0.3 is 0 Å². The van der Waals surface area contributed by atoms with Crippen molar-refractivity contribution in [1.29, 1.82) is 0 Å². The average molecular weight is 353 g/mol. The molecule has 1 aliphatic rings. The van der Waals surface area contributed by atoms with Crippen molar-refractivity contribution in [3.8, 4) is 5.75 Å². The first kappa shape index (κ1) is 16.3. The monoisotopic (exact) mass is 353 g/mol. The van der Waals surface area contributed by atoms with Gasteiger partial charge in [0.05, 0.1) is 12.4 Å². The molecule has 1 aromatic carbocycles. The molecule has 0 amide bonds. The van der Waals surface area contributed by atoms with Crippen LogP contribution in [0.15, 0.2) is 53.6 Å². The Labute approximate surface area is 149 Å². The van der Waals surface area contributed by atoms with Crippen molar-refractivity contribution in [3.05, 3.63) is 59.2 Å². The summed E-state index contributed by atoms with van der Waals surface area (Å²) in [5, 5.41) is 0. The minimum Gasteiger partial charge on any atom is -0.369 e. The number of hydrogen-bond donors (Lipinski definition) is 1. The fraction of sp³-hybridized carbons (Fsp3) is 0.278. The molecular weight excluding hydrogens is 334 g/mol. The summed E-state index contributed by atoms with van der Waals surface area (Å²) >= 11 is 0. The second-order valence-electron chi connectivity index (χ2n) is 6.29. The maximum absolute atomic E-state index is 12.2. The zero-order valence-electron chi connectivity index (χ0n) is 14.3. The summed E-state index contributed by atoms with van der Waals surface area (Å²) in [5.74, 6) is 1.04. The van der Waals surface area contributed by atoms with Gasteiger partial charge in [-0.3, -0.25) is 9.36 Å². The van der Waals surface area contributed by atoms with Crippen molar-refractivity contribution >= 4 is 17.1 Å². The predicted octanol–water partition coefficient (Wildman–Crippen LogP) is 1.84. The summed E-state index contributed by atoms with van der Waals surface area (Å²) in [7, 11) is 1.58. The quantitative estimate of drug-likeness (QED) is 0.427. The minimum atomic E-state index is -0.246. The normalized spacial score (nSPS) is 19.3. The molecule has 0 fully saturated rings. The molecule has 0 spiro atoms. The van der Waals surface area contributed by atoms with Gasteiger partial charge in [-0.15, -0.1) is 0 Å². The van der Waals surface area contributed by atoms with E-state index in [1.807, 2.05) is 34.9 Å². The molecule has 26 heavy (non-hydrogen) atoms. The van der Waals surface area contributed by atoms with E-state index in [-0.39, 0.29) is 23.5 Å². The first-order chi connectivity index (χ1) is 12.6. The number of fused-ring (bicyclic) bond motifs is 1. The standard InChI is InChI=1S/C18H19N5O3/c1-22-17(24)15-16(21-18(22)19)23(11-20-15)13-8-7-12(9-13)10-25-26-14-5-3-2-4-6-14/h2-8,11-13H,9-10H2,1H3,(H2,19,21). The molecule has 2 aromatic heterocycles. The van der Waals surface area contributed by atoms with E-state index in [2.05, 4.69) is 22.1 Å². The third kappa shape index (κ3) is 2.95. The van der Waals surface area contributed by atoms with Gasteiger partial charge in [0.25, 0.3) is 5.56 Å². The lowest BCUT2D eigenvalue weighted by Crippen LogP contribution is -2.22. The highest BCUT2D eigenvalue weighted by molar-refractivity contribution is 5.71. The van der Waals surface area contributed by atoms with Gasteiger partial charge in [-0.1, -0.05) is 30.4 Å². The first-order valence-electron chi connectivity index (χ1n) is 8.35. The van der Waals surface area contributed by atoms with Crippen LogP contribution in [-0.4, -0.2) is 25.7 Å². The zero-order valence-corrected chi connectivity index (χ0v) is 14.3. The van der Waals surface area contributed by atoms with E-state index in [1.54, 1.807) is 13.4 Å². The number of allylic oxidation sites excluding steroid dienone is 1. The molecule has 0 saturated carbocycles. The molecule has 0 bridgehead atoms. The van der Waals surface area contributed by atoms with Crippen molar-refractivity contribution in [2.75, 3.05) is 12.3 Å². The number of rotatable bonds is 5. The van der Waals surface area contributed by atoms with Gasteiger partial charge in [-0.2, -0.15) is 9.87 Å². The fourth-order valence-electron chi connectivity index (χ4n) is 3.05. The maximum Gasteiger partial charge on any atom is 0.282 e. The van der Waals surface area contributed by atoms with Crippen LogP contribution in [0.3, 0.4) is 0 Å². The summed E-state index contributed by atoms with van der Waals surface area (Å²) < 4.78 is 3.17. The molecule has 2 N–H and O–H groups in total. The van der Waals surface area contributed by atoms with Gasteiger partial charge < -0.3 is 15.2 Å². The van der Waals surface area contributed by atoms with E-state index in [0.717, 1.165) is 6.42 Å². The third-order valence-electron chi connectivity index (χ3n) is 4.53. The Morgan fingerprint density at radius 1 is 1.27 bits per heavy atom. The smallest absolute Gasteiger partial charge is 0.282 e. The number of benzene rings is 1. The van der Waals surface area contributed by atoms with E-state index in [0.29, 0.717) is 23.5 Å². The van der Waals surface area contributed by atoms with Gasteiger partial charge in [0.2, 0.25) is 5.95 Å². The minimum absolute atomic E-state index is 0.0457. The number of aromatic nitrogens is 4. The van der Waals surface area contributed by atoms with E-state index in [4.69, 9.17) is 15.5 Å². The van der Waals surface area contributed by atoms with Crippen LogP contribution in [0.4, 0.5) is 5.95 Å². The van der Waals surface area contributed by atoms with E-state index < -0.39 is 0 Å². The fourth-order valence-corrected chi connectivity index (χ4v) is 3.05. The van der Waals surface area contributed by atoms with Crippen LogP contribution in [0.5, 0.6) is 5.75 Å². The summed E-state index contributed by atoms with van der Waals surface area (Å²) in [6.07, 6.45) is 6.58. The van der Waals surface area contributed by atoms with Crippen LogP contribution in [0.1, 0.15) is 12.5 Å². The molecule has 1 aliphatic carbocycles. The molecule has 8 heteroatoms. The first-order valence-corrected chi connectivity index (χ1v) is 8.35. The Morgan fingerprint density at radius 3 is 2.88 bits per heavy atom. The molecule has 8 nitrogen and oxygen atoms in total. The van der Waals surface area contributed by atoms with Crippen LogP contribution >= 0.6 is 0 Å². The maximum atomic E-state index is 12.2. The van der Waals surface area contributed by atoms with Gasteiger partial charge in [0.1, 0.15) is 6.61 Å². The predicted molar refractivity (Wildman–Crippen MR) is 96.5 cm³/mol. The van der Waals surface area contributed by atoms with Crippen molar-refractivity contribution in [1.82, 2.24) is 19.1 Å². The molecule has 0 aliphatic heterocycles. The summed E-state index contributed by atoms with van der Waals surface area (Å²) in [6, 6.07) is 9.41. The molecule has 4 rings (SSSR count). The number of hydrogen-bond acceptors (Lipinski definition) is 6. The summed E-state index contributed by atoms with van der Waals surface area (Å²) in [5.41, 5.74) is 6.40. The van der Waals surface area contributed by atoms with Gasteiger partial charge in [-0.05, 0) is 18.6 Å². The number of nitrogens with zero attached hydrogens (tertiary/aromatic N) is 4. The number of anilines is 1. The van der Waals surface area contributed by atoms with E-state index in [9.17, 15) is 4.79 Å². The zero-order chi connectivity index (χ0) is 18.1. The van der Waals surface area contributed by atoms with E-state index >= 15 is 0 Å². The Morgan fingerprint density at radius 2 is 2.08 bits per heavy atom. The Kier molecular flexibility index (Phi) is 4.18. The lowest BCUT2D eigenvalue weighted by molar-refractivity contribution is -0.213. The second-order valence-corrected chi connectivity index (χ2v) is 6.29. The Bertz CT molecular complexity index is 1010. The highest BCUT2D eigenvalue weighted by Crippen LogP contribution is 2.30. The lowest BCUT2D eigenvalue weighted by Gasteiger charge is -2.14. The van der Waals surface area contributed by atoms with Crippen LogP contribution in [0.25, 0.3) is 11.2 Å². The van der Waals surface area contributed by atoms with E-state index in [1.165, 1.54) is 4.57 Å². The van der Waals surface area contributed by atoms with Gasteiger partial charge in [0.15, 0.2) is 16.9 Å². The van der Waals surface area contributed by atoms with Crippen LogP contribution in [0, 0.1) is 5.92 Å². The van der Waals surface area contributed by atoms with Crippen molar-refractivity contribution in [3.63, 3.8) is 0 Å². The molecule has 2 atom stereocenters. The SMILES string of the molecule is Cn1c(N)nc2c(ncn2C2C=CC(COOc3ccccc3)C2)c1=O. The molecule has 3 aromatic rings. The van der Waals surface area contributed by atoms with Crippen molar-refractivity contribution in [2.45, 2.75) is 12.5 Å². The van der Waals surface area contributed by atoms with Crippen LogP contribution in [0.2, 0.25) is 0 Å². The second kappa shape index (κ2) is 6.64. The van der Waals surface area contributed by atoms with Crippen molar-refractivity contribution < 1.29 is 9.78 Å². The number of para-hydroxylation sites is 1. The number of imidazole rings is 1. The molecule has 134 valence electrons. The lowest BCUT2D eigenvalue weighted by atomic mass is 10.1. The van der Waals surface area contributed by atoms with Crippen molar-refractivity contribution in [2.24, 2.45) is 13.0 Å². The van der Waals surface area contributed by atoms with Crippen LogP contribution in [-0.2, 0) is 11.9 Å². The third-order valence-corrected chi connectivity index (χ3v) is 4.53. The summed E-state index contributed by atoms with van der Waals surface area (Å²) in [6.45, 7) is 0.436. The molecule has 2 unspecified atom stereocenters. The van der Waals surface area contributed by atoms with Gasteiger partial charge in [0, 0.05) is 13.0 Å². The number of nitrogens with two attached hydrogens (primary N) is 1.